The van der Waals surface area contributed by atoms with Gasteiger partial charge in [-0.3, -0.25) is 4.79 Å². The van der Waals surface area contributed by atoms with Gasteiger partial charge in [-0.2, -0.15) is 0 Å². The van der Waals surface area contributed by atoms with Crippen molar-refractivity contribution in [3.63, 3.8) is 0 Å². The van der Waals surface area contributed by atoms with Crippen molar-refractivity contribution in [2.24, 2.45) is 0 Å². The molecule has 1 N–H and O–H groups in total. The van der Waals surface area contributed by atoms with Crippen LogP contribution >= 0.6 is 0 Å². The number of carboxylic acids is 1. The average Bonchev–Trinajstić information content (AvgIpc) is 2.51. The number of hydrogen-bond donors (Lipinski definition) is 1. The predicted molar refractivity (Wildman–Crippen MR) is 96.6 cm³/mol. The van der Waals surface area contributed by atoms with E-state index < -0.39 is 5.97 Å². The van der Waals surface area contributed by atoms with Gasteiger partial charge < -0.3 is 5.11 Å². The second kappa shape index (κ2) is 17.0. The molecule has 0 heterocycles. The Kier molecular flexibility index (Phi) is 16.0. The first-order valence-corrected chi connectivity index (χ1v) is 9.24. The summed E-state index contributed by atoms with van der Waals surface area (Å²) in [5.74, 6) is -0.459. The van der Waals surface area contributed by atoms with Crippen molar-refractivity contribution in [1.82, 2.24) is 0 Å². The molecule has 0 rings (SSSR count). The van der Waals surface area contributed by atoms with E-state index in [-0.39, 0.29) is 0 Å². The lowest BCUT2D eigenvalue weighted by Gasteiger charge is -2.02. The molecule has 3 heteroatoms. The van der Waals surface area contributed by atoms with Gasteiger partial charge in [-0.15, -0.1) is 0 Å². The van der Waals surface area contributed by atoms with Crippen molar-refractivity contribution in [2.75, 3.05) is 0 Å². The maximum atomic E-state index is 11.6. The summed E-state index contributed by atoms with van der Waals surface area (Å²) in [6.45, 7) is 2.16. The quantitative estimate of drug-likeness (QED) is 0.220. The minimum Gasteiger partial charge on any atom is -0.478 e. The molecule has 0 aliphatic heterocycles. The van der Waals surface area contributed by atoms with Gasteiger partial charge in [0.25, 0.3) is 0 Å². The molecule has 3 nitrogen and oxygen atoms in total. The van der Waals surface area contributed by atoms with Crippen LogP contribution in [0.4, 0.5) is 0 Å². The summed E-state index contributed by atoms with van der Waals surface area (Å²) < 4.78 is 0. The van der Waals surface area contributed by atoms with Gasteiger partial charge in [0, 0.05) is 18.9 Å². The Balaban J connectivity index is 3.24. The van der Waals surface area contributed by atoms with Crippen molar-refractivity contribution in [2.45, 2.75) is 90.4 Å². The number of unbranched alkanes of at least 4 members (excludes halogenated alkanes) is 9. The molecule has 0 atom stereocenters. The summed E-state index contributed by atoms with van der Waals surface area (Å²) in [5, 5.41) is 8.41. The fraction of sp³-hybridized carbons (Fsp3) is 0.700. The van der Waals surface area contributed by atoms with Crippen LogP contribution in [0.15, 0.2) is 24.3 Å². The lowest BCUT2D eigenvalue weighted by Crippen LogP contribution is -1.97. The molecule has 0 aromatic rings. The SMILES string of the molecule is CCCCCC(=O)CCCCCCCCCC=CC=CC(=O)O. The summed E-state index contributed by atoms with van der Waals surface area (Å²) in [6, 6.07) is 0. The van der Waals surface area contributed by atoms with Crippen molar-refractivity contribution in [3.05, 3.63) is 24.3 Å². The highest BCUT2D eigenvalue weighted by Gasteiger charge is 2.01. The van der Waals surface area contributed by atoms with Gasteiger partial charge in [0.1, 0.15) is 5.78 Å². The highest BCUT2D eigenvalue weighted by molar-refractivity contribution is 5.80. The van der Waals surface area contributed by atoms with E-state index in [0.717, 1.165) is 44.6 Å². The zero-order valence-electron chi connectivity index (χ0n) is 14.8. The average molecular weight is 322 g/mol. The minimum atomic E-state index is -0.905. The predicted octanol–water partition coefficient (Wildman–Crippen LogP) is 5.84. The number of carbonyl (C=O) groups excluding carboxylic acids is 1. The minimum absolute atomic E-state index is 0.446. The molecular weight excluding hydrogens is 288 g/mol. The number of carboxylic acid groups (broad SMARTS) is 1. The third-order valence-electron chi connectivity index (χ3n) is 3.87. The third kappa shape index (κ3) is 18.6. The Bertz CT molecular complexity index is 356. The molecule has 0 unspecified atom stereocenters. The summed E-state index contributed by atoms with van der Waals surface area (Å²) in [4.78, 5) is 21.8. The summed E-state index contributed by atoms with van der Waals surface area (Å²) in [5.41, 5.74) is 0. The molecule has 0 fully saturated rings. The molecular formula is C20H34O3. The number of aliphatic carboxylic acids is 1. The van der Waals surface area contributed by atoms with E-state index in [0.29, 0.717) is 5.78 Å². The van der Waals surface area contributed by atoms with Crippen LogP contribution in [-0.2, 0) is 9.59 Å². The highest BCUT2D eigenvalue weighted by Crippen LogP contribution is 2.11. The Morgan fingerprint density at radius 2 is 1.35 bits per heavy atom. The van der Waals surface area contributed by atoms with Gasteiger partial charge in [0.15, 0.2) is 0 Å². The maximum absolute atomic E-state index is 11.6. The second-order valence-electron chi connectivity index (χ2n) is 6.13. The second-order valence-corrected chi connectivity index (χ2v) is 6.13. The van der Waals surface area contributed by atoms with Crippen LogP contribution in [0.1, 0.15) is 90.4 Å². The first-order chi connectivity index (χ1) is 11.2. The maximum Gasteiger partial charge on any atom is 0.328 e. The van der Waals surface area contributed by atoms with Crippen LogP contribution in [0.25, 0.3) is 0 Å². The van der Waals surface area contributed by atoms with Crippen LogP contribution in [0.3, 0.4) is 0 Å². The third-order valence-corrected chi connectivity index (χ3v) is 3.87. The molecule has 0 saturated heterocycles. The van der Waals surface area contributed by atoms with Crippen LogP contribution in [0.5, 0.6) is 0 Å². The van der Waals surface area contributed by atoms with Crippen molar-refractivity contribution in [1.29, 1.82) is 0 Å². The normalized spacial score (nSPS) is 11.5. The number of rotatable bonds is 16. The summed E-state index contributed by atoms with van der Waals surface area (Å²) >= 11 is 0. The van der Waals surface area contributed by atoms with E-state index in [2.05, 4.69) is 6.92 Å². The Hall–Kier alpha value is -1.38. The molecule has 0 saturated carbocycles. The van der Waals surface area contributed by atoms with Gasteiger partial charge in [-0.05, 0) is 25.7 Å². The topological polar surface area (TPSA) is 54.4 Å². The van der Waals surface area contributed by atoms with Crippen LogP contribution in [0, 0.1) is 0 Å². The van der Waals surface area contributed by atoms with E-state index in [1.165, 1.54) is 44.9 Å². The van der Waals surface area contributed by atoms with E-state index in [4.69, 9.17) is 5.11 Å². The van der Waals surface area contributed by atoms with Gasteiger partial charge >= 0.3 is 5.97 Å². The Labute approximate surface area is 141 Å². The van der Waals surface area contributed by atoms with E-state index in [1.807, 2.05) is 6.08 Å². The largest absolute Gasteiger partial charge is 0.478 e. The number of allylic oxidation sites excluding steroid dienone is 3. The molecule has 132 valence electrons. The Morgan fingerprint density at radius 1 is 0.783 bits per heavy atom. The van der Waals surface area contributed by atoms with E-state index >= 15 is 0 Å². The fourth-order valence-electron chi connectivity index (χ4n) is 2.48. The van der Waals surface area contributed by atoms with Crippen LogP contribution < -0.4 is 0 Å². The number of Topliss-reactive ketones (excluding diaryl/α,β-unsaturated/α-hetero) is 1. The molecule has 0 bridgehead atoms. The van der Waals surface area contributed by atoms with Crippen LogP contribution in [-0.4, -0.2) is 16.9 Å². The molecule has 0 aromatic carbocycles. The highest BCUT2D eigenvalue weighted by atomic mass is 16.4. The standard InChI is InChI=1S/C20H34O3/c1-2-3-13-16-19(21)17-14-11-9-7-5-4-6-8-10-12-15-18-20(22)23/h10,12,15,18H,2-9,11,13-14,16-17H2,1H3,(H,22,23). The lowest BCUT2D eigenvalue weighted by molar-refractivity contribution is -0.131. The van der Waals surface area contributed by atoms with Crippen molar-refractivity contribution >= 4 is 11.8 Å². The van der Waals surface area contributed by atoms with Gasteiger partial charge in [-0.1, -0.05) is 70.1 Å². The molecule has 0 aliphatic carbocycles. The fourth-order valence-corrected chi connectivity index (χ4v) is 2.48. The monoisotopic (exact) mass is 322 g/mol. The zero-order chi connectivity index (χ0) is 17.2. The molecule has 0 amide bonds. The van der Waals surface area contributed by atoms with E-state index in [1.54, 1.807) is 12.2 Å². The molecule has 0 radical (unpaired) electrons. The molecule has 0 aliphatic rings. The Morgan fingerprint density at radius 3 is 1.96 bits per heavy atom. The van der Waals surface area contributed by atoms with Gasteiger partial charge in [-0.25, -0.2) is 4.79 Å². The molecule has 0 spiro atoms. The first-order valence-electron chi connectivity index (χ1n) is 9.24. The van der Waals surface area contributed by atoms with Crippen molar-refractivity contribution in [3.8, 4) is 0 Å². The molecule has 23 heavy (non-hydrogen) atoms. The summed E-state index contributed by atoms with van der Waals surface area (Å²) in [6.07, 6.45) is 20.9. The number of hydrogen-bond acceptors (Lipinski definition) is 2. The first kappa shape index (κ1) is 21.6. The van der Waals surface area contributed by atoms with E-state index in [9.17, 15) is 9.59 Å². The van der Waals surface area contributed by atoms with Crippen molar-refractivity contribution < 1.29 is 14.7 Å². The number of ketones is 1. The van der Waals surface area contributed by atoms with Gasteiger partial charge in [0.2, 0.25) is 0 Å². The molecule has 0 aromatic heterocycles. The zero-order valence-corrected chi connectivity index (χ0v) is 14.8. The number of carbonyl (C=O) groups is 2. The smallest absolute Gasteiger partial charge is 0.328 e. The van der Waals surface area contributed by atoms with Crippen LogP contribution in [0.2, 0.25) is 0 Å². The lowest BCUT2D eigenvalue weighted by atomic mass is 10.0. The van der Waals surface area contributed by atoms with Gasteiger partial charge in [0.05, 0.1) is 0 Å². The summed E-state index contributed by atoms with van der Waals surface area (Å²) in [7, 11) is 0.